The number of phenols is 1. The van der Waals surface area contributed by atoms with E-state index in [2.05, 4.69) is 5.32 Å². The molecule has 6 nitrogen and oxygen atoms in total. The standard InChI is InChI=1S/C19H18ClNO5/c1-12(22)16(9-13-5-3-2-4-6-13)21-18(24)11-26-19(25)15-8-7-14(20)10-17(15)23/h2-8,10,16,23H,9,11H2,1H3,(H,21,24)/t16-/m1/s1. The van der Waals surface area contributed by atoms with Crippen LogP contribution in [0.1, 0.15) is 22.8 Å². The van der Waals surface area contributed by atoms with Crippen molar-refractivity contribution in [2.75, 3.05) is 6.61 Å². The second kappa shape index (κ2) is 9.01. The fourth-order valence-electron chi connectivity index (χ4n) is 2.27. The number of carbonyl (C=O) groups is 3. The first kappa shape index (κ1) is 19.5. The summed E-state index contributed by atoms with van der Waals surface area (Å²) in [5.41, 5.74) is 0.797. The van der Waals surface area contributed by atoms with Crippen LogP contribution < -0.4 is 5.32 Å². The number of nitrogens with one attached hydrogen (secondary N) is 1. The van der Waals surface area contributed by atoms with Gasteiger partial charge in [-0.25, -0.2) is 4.79 Å². The van der Waals surface area contributed by atoms with Crippen molar-refractivity contribution in [3.63, 3.8) is 0 Å². The molecule has 2 aromatic carbocycles. The summed E-state index contributed by atoms with van der Waals surface area (Å²) < 4.78 is 4.88. The van der Waals surface area contributed by atoms with Gasteiger partial charge < -0.3 is 15.2 Å². The number of rotatable bonds is 7. The predicted molar refractivity (Wildman–Crippen MR) is 96.2 cm³/mol. The van der Waals surface area contributed by atoms with Crippen LogP contribution >= 0.6 is 11.6 Å². The Hall–Kier alpha value is -2.86. The number of halogens is 1. The Kier molecular flexibility index (Phi) is 6.74. The average Bonchev–Trinajstić information content (AvgIpc) is 2.60. The predicted octanol–water partition coefficient (Wildman–Crippen LogP) is 2.52. The average molecular weight is 376 g/mol. The molecule has 0 aliphatic carbocycles. The summed E-state index contributed by atoms with van der Waals surface area (Å²) >= 11 is 5.69. The van der Waals surface area contributed by atoms with E-state index in [0.717, 1.165) is 5.56 Å². The Morgan fingerprint density at radius 1 is 1.15 bits per heavy atom. The molecule has 2 rings (SSSR count). The van der Waals surface area contributed by atoms with Crippen LogP contribution in [0.2, 0.25) is 5.02 Å². The molecule has 0 saturated heterocycles. The molecule has 26 heavy (non-hydrogen) atoms. The summed E-state index contributed by atoms with van der Waals surface area (Å²) in [6.45, 7) is 0.811. The molecule has 1 amide bonds. The number of carbonyl (C=O) groups excluding carboxylic acids is 3. The van der Waals surface area contributed by atoms with Crippen LogP contribution in [0.4, 0.5) is 0 Å². The van der Waals surface area contributed by atoms with Crippen molar-refractivity contribution in [3.05, 3.63) is 64.7 Å². The van der Waals surface area contributed by atoms with Gasteiger partial charge in [0, 0.05) is 5.02 Å². The third-order valence-corrected chi connectivity index (χ3v) is 3.86. The van der Waals surface area contributed by atoms with Crippen LogP contribution in [-0.2, 0) is 20.7 Å². The summed E-state index contributed by atoms with van der Waals surface area (Å²) in [6, 6.07) is 12.4. The van der Waals surface area contributed by atoms with Crippen LogP contribution in [-0.4, -0.2) is 35.4 Å². The first-order valence-corrected chi connectivity index (χ1v) is 8.24. The number of esters is 1. The Morgan fingerprint density at radius 3 is 2.46 bits per heavy atom. The molecule has 0 bridgehead atoms. The Balaban J connectivity index is 1.91. The molecule has 2 aromatic rings. The quantitative estimate of drug-likeness (QED) is 0.725. The smallest absolute Gasteiger partial charge is 0.342 e. The van der Waals surface area contributed by atoms with E-state index in [-0.39, 0.29) is 22.1 Å². The molecular weight excluding hydrogens is 358 g/mol. The molecular formula is C19H18ClNO5. The van der Waals surface area contributed by atoms with Crippen molar-refractivity contribution in [1.29, 1.82) is 0 Å². The van der Waals surface area contributed by atoms with Gasteiger partial charge in [0.2, 0.25) is 0 Å². The lowest BCUT2D eigenvalue weighted by atomic mass is 10.0. The van der Waals surface area contributed by atoms with Crippen molar-refractivity contribution < 1.29 is 24.2 Å². The SMILES string of the molecule is CC(=O)[C@@H](Cc1ccccc1)NC(=O)COC(=O)c1ccc(Cl)cc1O. The van der Waals surface area contributed by atoms with Gasteiger partial charge in [-0.3, -0.25) is 9.59 Å². The van der Waals surface area contributed by atoms with Gasteiger partial charge in [-0.1, -0.05) is 41.9 Å². The summed E-state index contributed by atoms with van der Waals surface area (Å²) in [5.74, 6) is -2.02. The normalized spacial score (nSPS) is 11.5. The zero-order valence-corrected chi connectivity index (χ0v) is 14.8. The highest BCUT2D eigenvalue weighted by Gasteiger charge is 2.19. The maximum absolute atomic E-state index is 12.0. The van der Waals surface area contributed by atoms with Gasteiger partial charge in [-0.05, 0) is 37.1 Å². The topological polar surface area (TPSA) is 92.7 Å². The van der Waals surface area contributed by atoms with Crippen LogP contribution in [0.3, 0.4) is 0 Å². The zero-order chi connectivity index (χ0) is 19.1. The van der Waals surface area contributed by atoms with Crippen LogP contribution in [0.15, 0.2) is 48.5 Å². The third kappa shape index (κ3) is 5.60. The fraction of sp³-hybridized carbons (Fsp3) is 0.211. The number of hydrogen-bond acceptors (Lipinski definition) is 5. The molecule has 0 spiro atoms. The summed E-state index contributed by atoms with van der Waals surface area (Å²) in [5, 5.41) is 12.5. The third-order valence-electron chi connectivity index (χ3n) is 3.62. The molecule has 0 saturated carbocycles. The Bertz CT molecular complexity index is 807. The highest BCUT2D eigenvalue weighted by molar-refractivity contribution is 6.30. The van der Waals surface area contributed by atoms with Gasteiger partial charge >= 0.3 is 5.97 Å². The molecule has 0 fully saturated rings. The molecule has 136 valence electrons. The number of amides is 1. The summed E-state index contributed by atoms with van der Waals surface area (Å²) in [6.07, 6.45) is 0.341. The molecule has 0 aromatic heterocycles. The van der Waals surface area contributed by atoms with Gasteiger partial charge in [-0.15, -0.1) is 0 Å². The van der Waals surface area contributed by atoms with E-state index in [1.807, 2.05) is 30.3 Å². The molecule has 0 unspecified atom stereocenters. The van der Waals surface area contributed by atoms with E-state index in [1.54, 1.807) is 0 Å². The van der Waals surface area contributed by atoms with Crippen molar-refractivity contribution in [3.8, 4) is 5.75 Å². The minimum atomic E-state index is -0.864. The van der Waals surface area contributed by atoms with Gasteiger partial charge in [0.25, 0.3) is 5.91 Å². The number of Topliss-reactive ketones (excluding diaryl/α,β-unsaturated/α-hetero) is 1. The maximum atomic E-state index is 12.0. The monoisotopic (exact) mass is 375 g/mol. The first-order chi connectivity index (χ1) is 12.4. The van der Waals surface area contributed by atoms with E-state index >= 15 is 0 Å². The number of hydrogen-bond donors (Lipinski definition) is 2. The van der Waals surface area contributed by atoms with E-state index in [9.17, 15) is 19.5 Å². The number of phenolic OH excluding ortho intramolecular Hbond substituents is 1. The van der Waals surface area contributed by atoms with Crippen LogP contribution in [0.5, 0.6) is 5.75 Å². The van der Waals surface area contributed by atoms with Crippen LogP contribution in [0.25, 0.3) is 0 Å². The Morgan fingerprint density at radius 2 is 1.85 bits per heavy atom. The van der Waals surface area contributed by atoms with E-state index < -0.39 is 24.5 Å². The van der Waals surface area contributed by atoms with Gasteiger partial charge in [0.15, 0.2) is 12.4 Å². The van der Waals surface area contributed by atoms with Crippen molar-refractivity contribution in [1.82, 2.24) is 5.32 Å². The van der Waals surface area contributed by atoms with Gasteiger partial charge in [0.1, 0.15) is 11.3 Å². The lowest BCUT2D eigenvalue weighted by molar-refractivity contribution is -0.128. The molecule has 0 aliphatic heterocycles. The van der Waals surface area contributed by atoms with Crippen LogP contribution in [0, 0.1) is 0 Å². The second-order valence-electron chi connectivity index (χ2n) is 5.66. The number of ketones is 1. The molecule has 0 heterocycles. The van der Waals surface area contributed by atoms with Gasteiger partial charge in [0.05, 0.1) is 6.04 Å². The molecule has 0 aliphatic rings. The Labute approximate surface area is 155 Å². The van der Waals surface area contributed by atoms with E-state index in [0.29, 0.717) is 6.42 Å². The lowest BCUT2D eigenvalue weighted by Gasteiger charge is -2.16. The summed E-state index contributed by atoms with van der Waals surface area (Å²) in [4.78, 5) is 35.7. The molecule has 1 atom stereocenters. The zero-order valence-electron chi connectivity index (χ0n) is 14.1. The second-order valence-corrected chi connectivity index (χ2v) is 6.09. The van der Waals surface area contributed by atoms with Crippen molar-refractivity contribution >= 4 is 29.3 Å². The van der Waals surface area contributed by atoms with Crippen molar-refractivity contribution in [2.24, 2.45) is 0 Å². The minimum absolute atomic E-state index is 0.102. The fourth-order valence-corrected chi connectivity index (χ4v) is 2.43. The van der Waals surface area contributed by atoms with Gasteiger partial charge in [-0.2, -0.15) is 0 Å². The minimum Gasteiger partial charge on any atom is -0.507 e. The molecule has 7 heteroatoms. The first-order valence-electron chi connectivity index (χ1n) is 7.86. The lowest BCUT2D eigenvalue weighted by Crippen LogP contribution is -2.43. The number of aromatic hydroxyl groups is 1. The number of ether oxygens (including phenoxy) is 1. The van der Waals surface area contributed by atoms with E-state index in [4.69, 9.17) is 16.3 Å². The summed E-state index contributed by atoms with van der Waals surface area (Å²) in [7, 11) is 0. The highest BCUT2D eigenvalue weighted by Crippen LogP contribution is 2.22. The van der Waals surface area contributed by atoms with E-state index in [1.165, 1.54) is 25.1 Å². The highest BCUT2D eigenvalue weighted by atomic mass is 35.5. The molecule has 0 radical (unpaired) electrons. The van der Waals surface area contributed by atoms with Crippen molar-refractivity contribution in [2.45, 2.75) is 19.4 Å². The number of benzene rings is 2. The molecule has 2 N–H and O–H groups in total. The maximum Gasteiger partial charge on any atom is 0.342 e. The largest absolute Gasteiger partial charge is 0.507 e.